The van der Waals surface area contributed by atoms with Gasteiger partial charge in [0.2, 0.25) is 0 Å². The molecule has 0 saturated heterocycles. The normalized spacial score (nSPS) is 10.7. The van der Waals surface area contributed by atoms with Gasteiger partial charge < -0.3 is 14.0 Å². The molecule has 4 heteroatoms. The van der Waals surface area contributed by atoms with Crippen LogP contribution in [0.4, 0.5) is 0 Å². The molecule has 0 N–H and O–H groups in total. The summed E-state index contributed by atoms with van der Waals surface area (Å²) in [5, 5.41) is 0. The zero-order valence-electron chi connectivity index (χ0n) is 9.40. The van der Waals surface area contributed by atoms with Gasteiger partial charge in [-0.25, -0.2) is 4.79 Å². The molecule has 0 amide bonds. The molecule has 0 atom stereocenters. The first-order chi connectivity index (χ1) is 7.15. The Morgan fingerprint density at radius 2 is 2.27 bits per heavy atom. The SMILES string of the molecule is COCCn1cccc1C(=O)OC(C)C. The zero-order chi connectivity index (χ0) is 11.3. The highest BCUT2D eigenvalue weighted by molar-refractivity contribution is 5.87. The van der Waals surface area contributed by atoms with E-state index in [-0.39, 0.29) is 12.1 Å². The molecule has 0 fully saturated rings. The van der Waals surface area contributed by atoms with E-state index in [9.17, 15) is 4.79 Å². The molecule has 1 heterocycles. The topological polar surface area (TPSA) is 40.5 Å². The van der Waals surface area contributed by atoms with E-state index in [1.807, 2.05) is 30.7 Å². The van der Waals surface area contributed by atoms with Crippen LogP contribution < -0.4 is 0 Å². The highest BCUT2D eigenvalue weighted by Gasteiger charge is 2.13. The second-order valence-electron chi connectivity index (χ2n) is 3.53. The lowest BCUT2D eigenvalue weighted by Crippen LogP contribution is -2.17. The van der Waals surface area contributed by atoms with E-state index in [4.69, 9.17) is 9.47 Å². The number of ether oxygens (including phenoxy) is 2. The third kappa shape index (κ3) is 3.40. The molecule has 0 bridgehead atoms. The Kier molecular flexibility index (Phi) is 4.37. The van der Waals surface area contributed by atoms with Crippen LogP contribution in [0.15, 0.2) is 18.3 Å². The fourth-order valence-corrected chi connectivity index (χ4v) is 1.26. The third-order valence-corrected chi connectivity index (χ3v) is 1.92. The first-order valence-electron chi connectivity index (χ1n) is 5.00. The lowest BCUT2D eigenvalue weighted by Gasteiger charge is -2.10. The van der Waals surface area contributed by atoms with E-state index >= 15 is 0 Å². The zero-order valence-corrected chi connectivity index (χ0v) is 9.40. The molecule has 0 aliphatic carbocycles. The number of carbonyl (C=O) groups is 1. The van der Waals surface area contributed by atoms with Gasteiger partial charge in [-0.3, -0.25) is 0 Å². The quantitative estimate of drug-likeness (QED) is 0.696. The summed E-state index contributed by atoms with van der Waals surface area (Å²) in [4.78, 5) is 11.6. The summed E-state index contributed by atoms with van der Waals surface area (Å²) < 4.78 is 11.9. The molecule has 1 aromatic heterocycles. The van der Waals surface area contributed by atoms with E-state index in [2.05, 4.69) is 0 Å². The van der Waals surface area contributed by atoms with Crippen LogP contribution in [-0.2, 0) is 16.0 Å². The van der Waals surface area contributed by atoms with Crippen molar-refractivity contribution in [1.29, 1.82) is 0 Å². The van der Waals surface area contributed by atoms with Crippen molar-refractivity contribution in [3.63, 3.8) is 0 Å². The molecule has 84 valence electrons. The molecular formula is C11H17NO3. The first-order valence-corrected chi connectivity index (χ1v) is 5.00. The Morgan fingerprint density at radius 1 is 1.53 bits per heavy atom. The van der Waals surface area contributed by atoms with Crippen molar-refractivity contribution in [2.45, 2.75) is 26.5 Å². The fraction of sp³-hybridized carbons (Fsp3) is 0.545. The number of aromatic nitrogens is 1. The largest absolute Gasteiger partial charge is 0.458 e. The number of hydrogen-bond donors (Lipinski definition) is 0. The number of esters is 1. The average molecular weight is 211 g/mol. The summed E-state index contributed by atoms with van der Waals surface area (Å²) in [6, 6.07) is 3.58. The fourth-order valence-electron chi connectivity index (χ4n) is 1.26. The lowest BCUT2D eigenvalue weighted by molar-refractivity contribution is 0.0363. The van der Waals surface area contributed by atoms with Crippen LogP contribution in [0.3, 0.4) is 0 Å². The number of hydrogen-bond acceptors (Lipinski definition) is 3. The molecule has 15 heavy (non-hydrogen) atoms. The van der Waals surface area contributed by atoms with Crippen LogP contribution in [-0.4, -0.2) is 30.4 Å². The minimum Gasteiger partial charge on any atom is -0.458 e. The summed E-state index contributed by atoms with van der Waals surface area (Å²) in [5.41, 5.74) is 0.570. The van der Waals surface area contributed by atoms with Crippen molar-refractivity contribution in [1.82, 2.24) is 4.57 Å². The molecule has 0 saturated carbocycles. The van der Waals surface area contributed by atoms with Crippen molar-refractivity contribution in [2.75, 3.05) is 13.7 Å². The highest BCUT2D eigenvalue weighted by Crippen LogP contribution is 2.06. The first kappa shape index (κ1) is 11.8. The number of nitrogens with zero attached hydrogens (tertiary/aromatic N) is 1. The second kappa shape index (κ2) is 5.56. The molecule has 0 radical (unpaired) electrons. The molecular weight excluding hydrogens is 194 g/mol. The molecule has 0 unspecified atom stereocenters. The Balaban J connectivity index is 2.67. The standard InChI is InChI=1S/C11H17NO3/c1-9(2)15-11(13)10-5-4-6-12(10)7-8-14-3/h4-6,9H,7-8H2,1-3H3. The van der Waals surface area contributed by atoms with Crippen molar-refractivity contribution in [2.24, 2.45) is 0 Å². The third-order valence-electron chi connectivity index (χ3n) is 1.92. The van der Waals surface area contributed by atoms with Crippen LogP contribution in [0.2, 0.25) is 0 Å². The van der Waals surface area contributed by atoms with Crippen LogP contribution in [0.1, 0.15) is 24.3 Å². The van der Waals surface area contributed by atoms with Gasteiger partial charge in [-0.15, -0.1) is 0 Å². The average Bonchev–Trinajstić information content (AvgIpc) is 2.61. The van der Waals surface area contributed by atoms with Gasteiger partial charge in [0.05, 0.1) is 12.7 Å². The van der Waals surface area contributed by atoms with Crippen LogP contribution in [0.25, 0.3) is 0 Å². The van der Waals surface area contributed by atoms with Gasteiger partial charge in [0.1, 0.15) is 5.69 Å². The van der Waals surface area contributed by atoms with Gasteiger partial charge >= 0.3 is 5.97 Å². The molecule has 1 aromatic rings. The van der Waals surface area contributed by atoms with E-state index in [0.717, 1.165) is 0 Å². The highest BCUT2D eigenvalue weighted by atomic mass is 16.5. The molecule has 0 spiro atoms. The van der Waals surface area contributed by atoms with Crippen molar-refractivity contribution in [3.05, 3.63) is 24.0 Å². The van der Waals surface area contributed by atoms with Gasteiger partial charge in [0, 0.05) is 19.9 Å². The minimum atomic E-state index is -0.286. The predicted octanol–water partition coefficient (Wildman–Crippen LogP) is 1.70. The van der Waals surface area contributed by atoms with Gasteiger partial charge in [-0.1, -0.05) is 0 Å². The monoisotopic (exact) mass is 211 g/mol. The summed E-state index contributed by atoms with van der Waals surface area (Å²) in [6.07, 6.45) is 1.75. The Morgan fingerprint density at radius 3 is 2.87 bits per heavy atom. The van der Waals surface area contributed by atoms with Gasteiger partial charge in [0.15, 0.2) is 0 Å². The Bertz CT molecular complexity index is 317. The Hall–Kier alpha value is -1.29. The van der Waals surface area contributed by atoms with Gasteiger partial charge in [0.25, 0.3) is 0 Å². The minimum absolute atomic E-state index is 0.0942. The molecule has 0 aromatic carbocycles. The molecule has 0 aliphatic heterocycles. The van der Waals surface area contributed by atoms with E-state index in [1.165, 1.54) is 0 Å². The number of rotatable bonds is 5. The summed E-state index contributed by atoms with van der Waals surface area (Å²) in [7, 11) is 1.63. The van der Waals surface area contributed by atoms with Crippen molar-refractivity contribution >= 4 is 5.97 Å². The maximum Gasteiger partial charge on any atom is 0.355 e. The predicted molar refractivity (Wildman–Crippen MR) is 56.9 cm³/mol. The van der Waals surface area contributed by atoms with E-state index in [1.54, 1.807) is 13.2 Å². The molecule has 1 rings (SSSR count). The Labute approximate surface area is 89.8 Å². The number of methoxy groups -OCH3 is 1. The van der Waals surface area contributed by atoms with Crippen LogP contribution in [0, 0.1) is 0 Å². The second-order valence-corrected chi connectivity index (χ2v) is 3.53. The lowest BCUT2D eigenvalue weighted by atomic mass is 10.4. The van der Waals surface area contributed by atoms with E-state index < -0.39 is 0 Å². The van der Waals surface area contributed by atoms with Crippen LogP contribution >= 0.6 is 0 Å². The van der Waals surface area contributed by atoms with Crippen LogP contribution in [0.5, 0.6) is 0 Å². The summed E-state index contributed by atoms with van der Waals surface area (Å²) in [6.45, 7) is 4.91. The maximum atomic E-state index is 11.6. The van der Waals surface area contributed by atoms with E-state index in [0.29, 0.717) is 18.8 Å². The summed E-state index contributed by atoms with van der Waals surface area (Å²) >= 11 is 0. The maximum absolute atomic E-state index is 11.6. The molecule has 0 aliphatic rings. The number of carbonyl (C=O) groups excluding carboxylic acids is 1. The smallest absolute Gasteiger partial charge is 0.355 e. The molecule has 4 nitrogen and oxygen atoms in total. The van der Waals surface area contributed by atoms with Crippen molar-refractivity contribution < 1.29 is 14.3 Å². The van der Waals surface area contributed by atoms with Crippen molar-refractivity contribution in [3.8, 4) is 0 Å². The summed E-state index contributed by atoms with van der Waals surface area (Å²) in [5.74, 6) is -0.286. The van der Waals surface area contributed by atoms with Gasteiger partial charge in [-0.05, 0) is 26.0 Å². The van der Waals surface area contributed by atoms with Gasteiger partial charge in [-0.2, -0.15) is 0 Å².